The van der Waals surface area contributed by atoms with Crippen molar-refractivity contribution in [2.45, 2.75) is 32.2 Å². The molecule has 3 atom stereocenters. The number of amides is 1. The summed E-state index contributed by atoms with van der Waals surface area (Å²) in [7, 11) is 1.59. The Morgan fingerprint density at radius 1 is 1.05 bits per heavy atom. The number of ether oxygens (including phenoxy) is 3. The van der Waals surface area contributed by atoms with Gasteiger partial charge >= 0.3 is 5.97 Å². The van der Waals surface area contributed by atoms with Gasteiger partial charge in [0.15, 0.2) is 11.5 Å². The van der Waals surface area contributed by atoms with Crippen molar-refractivity contribution in [3.8, 4) is 17.2 Å². The van der Waals surface area contributed by atoms with Crippen LogP contribution >= 0.6 is 0 Å². The predicted octanol–water partition coefficient (Wildman–Crippen LogP) is 4.77. The minimum absolute atomic E-state index is 0.0546. The summed E-state index contributed by atoms with van der Waals surface area (Å²) in [6.45, 7) is 4.62. The highest BCUT2D eigenvalue weighted by atomic mass is 16.7. The first-order chi connectivity index (χ1) is 18.4. The lowest BCUT2D eigenvalue weighted by molar-refractivity contribution is -0.143. The summed E-state index contributed by atoms with van der Waals surface area (Å²) in [5.74, 6) is -0.289. The smallest absolute Gasteiger partial charge is 0.309 e. The molecule has 2 N–H and O–H groups in total. The van der Waals surface area contributed by atoms with Crippen molar-refractivity contribution in [3.63, 3.8) is 0 Å². The number of aryl methyl sites for hydroxylation is 2. The molecule has 8 nitrogen and oxygen atoms in total. The molecular formula is C30H32N2O6. The van der Waals surface area contributed by atoms with Crippen molar-refractivity contribution >= 4 is 17.6 Å². The topological polar surface area (TPSA) is 97.3 Å². The first-order valence-corrected chi connectivity index (χ1v) is 12.8. The van der Waals surface area contributed by atoms with Gasteiger partial charge in [-0.15, -0.1) is 0 Å². The van der Waals surface area contributed by atoms with Crippen molar-refractivity contribution < 1.29 is 28.9 Å². The second-order valence-electron chi connectivity index (χ2n) is 9.74. The number of carboxylic acid groups (broad SMARTS) is 1. The molecule has 1 saturated heterocycles. The Bertz CT molecular complexity index is 1340. The van der Waals surface area contributed by atoms with E-state index in [1.54, 1.807) is 7.11 Å². The van der Waals surface area contributed by atoms with Gasteiger partial charge in [0.25, 0.3) is 0 Å². The number of carbonyl (C=O) groups excluding carboxylic acids is 1. The van der Waals surface area contributed by atoms with E-state index < -0.39 is 17.9 Å². The molecule has 3 aromatic rings. The summed E-state index contributed by atoms with van der Waals surface area (Å²) in [6, 6.07) is 18.4. The fraction of sp³-hybridized carbons (Fsp3) is 0.333. The number of rotatable bonds is 8. The minimum atomic E-state index is -0.913. The lowest BCUT2D eigenvalue weighted by atomic mass is 9.82. The number of hydrogen-bond donors (Lipinski definition) is 2. The van der Waals surface area contributed by atoms with Gasteiger partial charge in [-0.3, -0.25) is 14.5 Å². The van der Waals surface area contributed by atoms with Gasteiger partial charge < -0.3 is 24.6 Å². The summed E-state index contributed by atoms with van der Waals surface area (Å²) in [5.41, 5.74) is 4.54. The average Bonchev–Trinajstić information content (AvgIpc) is 3.54. The van der Waals surface area contributed by atoms with Crippen molar-refractivity contribution in [2.75, 3.05) is 32.3 Å². The number of nitrogens with zero attached hydrogens (tertiary/aromatic N) is 1. The van der Waals surface area contributed by atoms with Crippen LogP contribution in [0.15, 0.2) is 60.7 Å². The third-order valence-electron chi connectivity index (χ3n) is 7.52. The highest BCUT2D eigenvalue weighted by Gasteiger charge is 2.48. The SMILES string of the molecule is CCc1cccc(C)c1NC(=O)CN1C[C@H](c2ccc3c(c2)OCO3)[C@@H](C(=O)O)[C@@H]1c1ccc(OC)cc1. The monoisotopic (exact) mass is 516 g/mol. The number of fused-ring (bicyclic) bond motifs is 1. The molecule has 5 rings (SSSR count). The highest BCUT2D eigenvalue weighted by Crippen LogP contribution is 2.47. The minimum Gasteiger partial charge on any atom is -0.497 e. The van der Waals surface area contributed by atoms with Crippen LogP contribution in [0.5, 0.6) is 17.2 Å². The second-order valence-corrected chi connectivity index (χ2v) is 9.74. The molecule has 3 aromatic carbocycles. The lowest BCUT2D eigenvalue weighted by Gasteiger charge is -2.27. The van der Waals surface area contributed by atoms with Gasteiger partial charge in [-0.2, -0.15) is 0 Å². The Labute approximate surface area is 222 Å². The normalized spacial score (nSPS) is 20.3. The number of nitrogens with one attached hydrogen (secondary N) is 1. The fourth-order valence-electron chi connectivity index (χ4n) is 5.64. The Hall–Kier alpha value is -4.04. The van der Waals surface area contributed by atoms with Gasteiger partial charge in [0, 0.05) is 24.2 Å². The molecule has 2 aliphatic heterocycles. The van der Waals surface area contributed by atoms with Crippen LogP contribution in [0.2, 0.25) is 0 Å². The van der Waals surface area contributed by atoms with Crippen LogP contribution in [0.25, 0.3) is 0 Å². The molecule has 38 heavy (non-hydrogen) atoms. The zero-order valence-corrected chi connectivity index (χ0v) is 21.8. The fourth-order valence-corrected chi connectivity index (χ4v) is 5.64. The van der Waals surface area contributed by atoms with E-state index in [0.717, 1.165) is 34.4 Å². The maximum Gasteiger partial charge on any atom is 0.309 e. The number of benzene rings is 3. The molecule has 0 spiro atoms. The van der Waals surface area contributed by atoms with Crippen LogP contribution in [0.1, 0.15) is 41.1 Å². The van der Waals surface area contributed by atoms with Crippen molar-refractivity contribution in [1.29, 1.82) is 0 Å². The predicted molar refractivity (Wildman–Crippen MR) is 143 cm³/mol. The quantitative estimate of drug-likeness (QED) is 0.445. The molecule has 0 radical (unpaired) electrons. The lowest BCUT2D eigenvalue weighted by Crippen LogP contribution is -2.35. The molecule has 0 saturated carbocycles. The molecule has 8 heteroatoms. The van der Waals surface area contributed by atoms with E-state index in [4.69, 9.17) is 14.2 Å². The highest BCUT2D eigenvalue weighted by molar-refractivity contribution is 5.94. The van der Waals surface area contributed by atoms with E-state index in [2.05, 4.69) is 12.2 Å². The number of anilines is 1. The molecule has 0 aromatic heterocycles. The van der Waals surface area contributed by atoms with Gasteiger partial charge in [0.05, 0.1) is 19.6 Å². The largest absolute Gasteiger partial charge is 0.497 e. The van der Waals surface area contributed by atoms with Crippen LogP contribution in [-0.2, 0) is 16.0 Å². The number of carboxylic acids is 1. The maximum atomic E-state index is 13.4. The van der Waals surface area contributed by atoms with Gasteiger partial charge in [-0.05, 0) is 59.9 Å². The summed E-state index contributed by atoms with van der Waals surface area (Å²) in [4.78, 5) is 28.1. The Balaban J connectivity index is 1.48. The summed E-state index contributed by atoms with van der Waals surface area (Å²) >= 11 is 0. The van der Waals surface area contributed by atoms with Crippen LogP contribution in [0.3, 0.4) is 0 Å². The van der Waals surface area contributed by atoms with E-state index in [1.165, 1.54) is 0 Å². The zero-order valence-electron chi connectivity index (χ0n) is 21.8. The number of aliphatic carboxylic acids is 1. The molecule has 0 bridgehead atoms. The van der Waals surface area contributed by atoms with E-state index >= 15 is 0 Å². The second kappa shape index (κ2) is 10.8. The average molecular weight is 517 g/mol. The van der Waals surface area contributed by atoms with Gasteiger partial charge in [-0.1, -0.05) is 43.3 Å². The molecule has 2 heterocycles. The maximum absolute atomic E-state index is 13.4. The van der Waals surface area contributed by atoms with Crippen LogP contribution in [0, 0.1) is 12.8 Å². The number of hydrogen-bond acceptors (Lipinski definition) is 6. The first-order valence-electron chi connectivity index (χ1n) is 12.8. The Morgan fingerprint density at radius 3 is 2.50 bits per heavy atom. The molecule has 1 fully saturated rings. The summed E-state index contributed by atoms with van der Waals surface area (Å²) < 4.78 is 16.3. The van der Waals surface area contributed by atoms with Crippen LogP contribution in [-0.4, -0.2) is 48.9 Å². The molecule has 2 aliphatic rings. The van der Waals surface area contributed by atoms with E-state index in [9.17, 15) is 14.7 Å². The van der Waals surface area contributed by atoms with E-state index in [0.29, 0.717) is 23.8 Å². The Morgan fingerprint density at radius 2 is 1.79 bits per heavy atom. The first kappa shape index (κ1) is 25.6. The van der Waals surface area contributed by atoms with Gasteiger partial charge in [0.1, 0.15) is 5.75 Å². The Kier molecular flexibility index (Phi) is 7.24. The van der Waals surface area contributed by atoms with Crippen LogP contribution in [0.4, 0.5) is 5.69 Å². The van der Waals surface area contributed by atoms with Crippen LogP contribution < -0.4 is 19.5 Å². The standard InChI is InChI=1S/C30H32N2O6/c1-4-19-7-5-6-18(2)28(19)31-26(33)16-32-15-23(21-10-13-24-25(14-21)38-17-37-24)27(30(34)35)29(32)20-8-11-22(36-3)12-9-20/h5-14,23,27,29H,4,15-17H2,1-3H3,(H,31,33)(H,34,35)/t23-,27-,29+/m1/s1. The third-order valence-corrected chi connectivity index (χ3v) is 7.52. The molecular weight excluding hydrogens is 484 g/mol. The zero-order chi connectivity index (χ0) is 26.8. The molecule has 0 unspecified atom stereocenters. The van der Waals surface area contributed by atoms with Crippen molar-refractivity contribution in [3.05, 3.63) is 82.9 Å². The molecule has 0 aliphatic carbocycles. The summed E-state index contributed by atoms with van der Waals surface area (Å²) in [5, 5.41) is 13.5. The molecule has 1 amide bonds. The summed E-state index contributed by atoms with van der Waals surface area (Å²) in [6.07, 6.45) is 0.794. The van der Waals surface area contributed by atoms with E-state index in [-0.39, 0.29) is 25.2 Å². The van der Waals surface area contributed by atoms with Crippen molar-refractivity contribution in [1.82, 2.24) is 4.90 Å². The number of methoxy groups -OCH3 is 1. The van der Waals surface area contributed by atoms with Gasteiger partial charge in [-0.25, -0.2) is 0 Å². The number of likely N-dealkylation sites (tertiary alicyclic amines) is 1. The number of para-hydroxylation sites is 1. The molecule has 198 valence electrons. The number of carbonyl (C=O) groups is 2. The third kappa shape index (κ3) is 4.91. The van der Waals surface area contributed by atoms with E-state index in [1.807, 2.05) is 72.5 Å². The van der Waals surface area contributed by atoms with Crippen molar-refractivity contribution in [2.24, 2.45) is 5.92 Å². The van der Waals surface area contributed by atoms with Gasteiger partial charge in [0.2, 0.25) is 12.7 Å².